The topological polar surface area (TPSA) is 39.2 Å². The lowest BCUT2D eigenvalue weighted by molar-refractivity contribution is -0.118. The van der Waals surface area contributed by atoms with Crippen molar-refractivity contribution in [3.63, 3.8) is 0 Å². The minimum atomic E-state index is 0.0985. The van der Waals surface area contributed by atoms with Gasteiger partial charge in [0.15, 0.2) is 0 Å². The number of Topliss-reactive ketones (excluding diaryl/α,β-unsaturated/α-hetero) is 1. The summed E-state index contributed by atoms with van der Waals surface area (Å²) in [6.45, 7) is 0. The number of aromatic nitrogens is 1. The molecule has 0 aromatic carbocycles. The number of methoxy groups -OCH3 is 1. The van der Waals surface area contributed by atoms with E-state index in [0.717, 1.165) is 24.1 Å². The molecule has 1 aliphatic rings. The average Bonchev–Trinajstić information content (AvgIpc) is 2.71. The van der Waals surface area contributed by atoms with Gasteiger partial charge < -0.3 is 4.74 Å². The highest BCUT2D eigenvalue weighted by Crippen LogP contribution is 2.34. The second kappa shape index (κ2) is 3.46. The molecule has 4 heteroatoms. The maximum atomic E-state index is 11.4. The van der Waals surface area contributed by atoms with E-state index >= 15 is 0 Å². The highest BCUT2D eigenvalue weighted by atomic mass is 32.1. The number of carbonyl (C=O) groups excluding carboxylic acids is 1. The third-order valence-corrected chi connectivity index (χ3v) is 3.25. The summed E-state index contributed by atoms with van der Waals surface area (Å²) in [5.41, 5.74) is 0. The molecule has 1 aromatic rings. The van der Waals surface area contributed by atoms with Crippen LogP contribution in [-0.2, 0) is 4.79 Å². The first-order valence-electron chi connectivity index (χ1n) is 4.34. The molecule has 70 valence electrons. The van der Waals surface area contributed by atoms with E-state index in [9.17, 15) is 4.79 Å². The van der Waals surface area contributed by atoms with Gasteiger partial charge in [-0.1, -0.05) is 0 Å². The zero-order valence-corrected chi connectivity index (χ0v) is 8.26. The largest absolute Gasteiger partial charge is 0.480 e. The summed E-state index contributed by atoms with van der Waals surface area (Å²) < 4.78 is 9.06. The number of carbonyl (C=O) groups is 1. The molecule has 0 bridgehead atoms. The Morgan fingerprint density at radius 1 is 1.69 bits per heavy atom. The molecule has 1 atom stereocenters. The van der Waals surface area contributed by atoms with E-state index in [1.807, 2.05) is 6.07 Å². The fraction of sp³-hybridized carbons (Fsp3) is 0.556. The average molecular weight is 197 g/mol. The number of hydrogen-bond donors (Lipinski definition) is 0. The fourth-order valence-electron chi connectivity index (χ4n) is 1.65. The van der Waals surface area contributed by atoms with Crippen LogP contribution in [0.1, 0.15) is 30.1 Å². The van der Waals surface area contributed by atoms with Crippen molar-refractivity contribution >= 4 is 17.3 Å². The van der Waals surface area contributed by atoms with Crippen LogP contribution in [-0.4, -0.2) is 17.3 Å². The van der Waals surface area contributed by atoms with E-state index in [0.29, 0.717) is 11.7 Å². The second-order valence-electron chi connectivity index (χ2n) is 3.18. The Morgan fingerprint density at radius 3 is 3.08 bits per heavy atom. The molecule has 1 fully saturated rings. The summed E-state index contributed by atoms with van der Waals surface area (Å²) in [5, 5.41) is 0. The molecule has 1 aromatic heterocycles. The maximum Gasteiger partial charge on any atom is 0.225 e. The van der Waals surface area contributed by atoms with E-state index in [2.05, 4.69) is 4.37 Å². The van der Waals surface area contributed by atoms with Crippen molar-refractivity contribution in [1.29, 1.82) is 0 Å². The lowest BCUT2D eigenvalue weighted by Gasteiger charge is -2.01. The smallest absolute Gasteiger partial charge is 0.225 e. The SMILES string of the molecule is COc1cc(C2CCCC2=O)sn1. The molecular formula is C9H11NO2S. The van der Waals surface area contributed by atoms with Gasteiger partial charge in [-0.05, 0) is 24.4 Å². The van der Waals surface area contributed by atoms with Crippen molar-refractivity contribution < 1.29 is 9.53 Å². The summed E-state index contributed by atoms with van der Waals surface area (Å²) in [4.78, 5) is 12.5. The number of nitrogens with zero attached hydrogens (tertiary/aromatic N) is 1. The van der Waals surface area contributed by atoms with Crippen LogP contribution < -0.4 is 4.74 Å². The summed E-state index contributed by atoms with van der Waals surface area (Å²) in [6, 6.07) is 1.87. The molecule has 0 radical (unpaired) electrons. The monoisotopic (exact) mass is 197 g/mol. The molecule has 2 rings (SSSR count). The van der Waals surface area contributed by atoms with Gasteiger partial charge in [-0.3, -0.25) is 4.79 Å². The van der Waals surface area contributed by atoms with Gasteiger partial charge in [0.1, 0.15) is 5.78 Å². The van der Waals surface area contributed by atoms with Gasteiger partial charge in [0.2, 0.25) is 5.88 Å². The van der Waals surface area contributed by atoms with Crippen LogP contribution in [0.2, 0.25) is 0 Å². The molecule has 13 heavy (non-hydrogen) atoms. The van der Waals surface area contributed by atoms with E-state index in [4.69, 9.17) is 4.74 Å². The van der Waals surface area contributed by atoms with Crippen LogP contribution in [0.25, 0.3) is 0 Å². The molecule has 0 amide bonds. The van der Waals surface area contributed by atoms with Crippen LogP contribution >= 0.6 is 11.5 Å². The molecule has 1 unspecified atom stereocenters. The van der Waals surface area contributed by atoms with E-state index < -0.39 is 0 Å². The Labute approximate surface area is 80.9 Å². The van der Waals surface area contributed by atoms with Crippen LogP contribution in [0.4, 0.5) is 0 Å². The number of ether oxygens (including phenoxy) is 1. The molecule has 1 aliphatic carbocycles. The quantitative estimate of drug-likeness (QED) is 0.727. The van der Waals surface area contributed by atoms with Crippen molar-refractivity contribution in [2.24, 2.45) is 0 Å². The highest BCUT2D eigenvalue weighted by molar-refractivity contribution is 7.06. The summed E-state index contributed by atoms with van der Waals surface area (Å²) >= 11 is 1.38. The number of ketones is 1. The Hall–Kier alpha value is -0.900. The Morgan fingerprint density at radius 2 is 2.54 bits per heavy atom. The predicted octanol–water partition coefficient (Wildman–Crippen LogP) is 1.99. The van der Waals surface area contributed by atoms with Gasteiger partial charge in [-0.25, -0.2) is 0 Å². The van der Waals surface area contributed by atoms with Crippen molar-refractivity contribution in [3.05, 3.63) is 10.9 Å². The van der Waals surface area contributed by atoms with Crippen LogP contribution in [0.15, 0.2) is 6.07 Å². The van der Waals surface area contributed by atoms with Gasteiger partial charge in [0.05, 0.1) is 13.0 Å². The van der Waals surface area contributed by atoms with Crippen molar-refractivity contribution in [2.45, 2.75) is 25.2 Å². The van der Waals surface area contributed by atoms with Gasteiger partial charge in [0.25, 0.3) is 0 Å². The van der Waals surface area contributed by atoms with Crippen LogP contribution in [0.3, 0.4) is 0 Å². The number of hydrogen-bond acceptors (Lipinski definition) is 4. The van der Waals surface area contributed by atoms with Crippen LogP contribution in [0, 0.1) is 0 Å². The summed E-state index contributed by atoms with van der Waals surface area (Å²) in [7, 11) is 1.59. The van der Waals surface area contributed by atoms with Gasteiger partial charge in [-0.15, -0.1) is 0 Å². The van der Waals surface area contributed by atoms with Crippen molar-refractivity contribution in [2.75, 3.05) is 7.11 Å². The van der Waals surface area contributed by atoms with Crippen molar-refractivity contribution in [1.82, 2.24) is 4.37 Å². The Bertz CT molecular complexity index is 321. The van der Waals surface area contributed by atoms with Crippen LogP contribution in [0.5, 0.6) is 5.88 Å². The normalized spacial score (nSPS) is 22.2. The third-order valence-electron chi connectivity index (χ3n) is 2.36. The lowest BCUT2D eigenvalue weighted by atomic mass is 10.1. The predicted molar refractivity (Wildman–Crippen MR) is 50.3 cm³/mol. The van der Waals surface area contributed by atoms with Gasteiger partial charge in [-0.2, -0.15) is 4.37 Å². The molecule has 1 saturated carbocycles. The standard InChI is InChI=1S/C9H11NO2S/c1-12-9-5-8(13-10-9)6-3-2-4-7(6)11/h5-6H,2-4H2,1H3. The molecular weight excluding hydrogens is 186 g/mol. The molecule has 0 saturated heterocycles. The molecule has 0 aliphatic heterocycles. The van der Waals surface area contributed by atoms with Gasteiger partial charge >= 0.3 is 0 Å². The first-order chi connectivity index (χ1) is 6.31. The molecule has 0 N–H and O–H groups in total. The Kier molecular flexibility index (Phi) is 2.31. The molecule has 3 nitrogen and oxygen atoms in total. The summed E-state index contributed by atoms with van der Waals surface area (Å²) in [5.74, 6) is 1.08. The third kappa shape index (κ3) is 1.58. The maximum absolute atomic E-state index is 11.4. The van der Waals surface area contributed by atoms with E-state index in [1.54, 1.807) is 7.11 Å². The number of rotatable bonds is 2. The molecule has 0 spiro atoms. The zero-order valence-electron chi connectivity index (χ0n) is 7.45. The zero-order chi connectivity index (χ0) is 9.26. The van der Waals surface area contributed by atoms with Gasteiger partial charge in [0, 0.05) is 17.4 Å². The molecule has 1 heterocycles. The lowest BCUT2D eigenvalue weighted by Crippen LogP contribution is -2.01. The first kappa shape index (κ1) is 8.69. The highest BCUT2D eigenvalue weighted by Gasteiger charge is 2.27. The van der Waals surface area contributed by atoms with E-state index in [1.165, 1.54) is 11.5 Å². The first-order valence-corrected chi connectivity index (χ1v) is 5.12. The second-order valence-corrected chi connectivity index (χ2v) is 4.02. The summed E-state index contributed by atoms with van der Waals surface area (Å²) in [6.07, 6.45) is 2.72. The minimum Gasteiger partial charge on any atom is -0.480 e. The van der Waals surface area contributed by atoms with Crippen molar-refractivity contribution in [3.8, 4) is 5.88 Å². The fourth-order valence-corrected chi connectivity index (χ4v) is 2.50. The Balaban J connectivity index is 2.19. The minimum absolute atomic E-state index is 0.0985. The van der Waals surface area contributed by atoms with E-state index in [-0.39, 0.29) is 5.92 Å².